The molecule has 0 saturated carbocycles. The average molecular weight is 371 g/mol. The van der Waals surface area contributed by atoms with Crippen LogP contribution in [0.5, 0.6) is 0 Å². The first-order chi connectivity index (χ1) is 11.8. The molecule has 0 aliphatic carbocycles. The predicted molar refractivity (Wildman–Crippen MR) is 92.4 cm³/mol. The average Bonchev–Trinajstić information content (AvgIpc) is 2.38. The molecule has 26 heavy (non-hydrogen) atoms. The van der Waals surface area contributed by atoms with E-state index in [0.29, 0.717) is 6.29 Å². The highest BCUT2D eigenvalue weighted by Gasteiger charge is 2.55. The Kier molecular flexibility index (Phi) is 6.79. The van der Waals surface area contributed by atoms with Gasteiger partial charge in [-0.1, -0.05) is 0 Å². The molecule has 0 aromatic heterocycles. The highest BCUT2D eigenvalue weighted by Crippen LogP contribution is 2.35. The lowest BCUT2D eigenvalue weighted by Crippen LogP contribution is -2.67. The molecule has 1 heterocycles. The molecule has 0 aromatic carbocycles. The van der Waals surface area contributed by atoms with Gasteiger partial charge in [-0.15, -0.1) is 0 Å². The van der Waals surface area contributed by atoms with E-state index in [2.05, 4.69) is 0 Å². The van der Waals surface area contributed by atoms with Gasteiger partial charge in [-0.2, -0.15) is 0 Å². The third-order valence-electron chi connectivity index (χ3n) is 3.62. The summed E-state index contributed by atoms with van der Waals surface area (Å²) in [7, 11) is 0. The molecule has 1 aliphatic heterocycles. The summed E-state index contributed by atoms with van der Waals surface area (Å²) in [6.07, 6.45) is -1.28. The summed E-state index contributed by atoms with van der Waals surface area (Å²) in [5.41, 5.74) is -1.48. The van der Waals surface area contributed by atoms with Crippen LogP contribution in [0.3, 0.4) is 0 Å². The molecule has 0 bridgehead atoms. The summed E-state index contributed by atoms with van der Waals surface area (Å²) < 4.78 is 15.5. The van der Waals surface area contributed by atoms with E-state index >= 15 is 0 Å². The van der Waals surface area contributed by atoms with Crippen molar-refractivity contribution in [3.63, 3.8) is 0 Å². The molecule has 8 heteroatoms. The van der Waals surface area contributed by atoms with Crippen molar-refractivity contribution in [1.29, 1.82) is 0 Å². The summed E-state index contributed by atoms with van der Waals surface area (Å²) >= 11 is 0. The van der Waals surface area contributed by atoms with Gasteiger partial charge in [0.05, 0.1) is 12.0 Å². The Morgan fingerprint density at radius 2 is 1.65 bits per heavy atom. The van der Waals surface area contributed by atoms with E-state index in [1.165, 1.54) is 0 Å². The number of imide groups is 1. The van der Waals surface area contributed by atoms with Gasteiger partial charge >= 0.3 is 12.2 Å². The van der Waals surface area contributed by atoms with Crippen LogP contribution in [-0.4, -0.2) is 52.7 Å². The second-order valence-electron chi connectivity index (χ2n) is 8.31. The minimum Gasteiger partial charge on any atom is -0.443 e. The van der Waals surface area contributed by atoms with Crippen molar-refractivity contribution in [2.75, 3.05) is 0 Å². The maximum Gasteiger partial charge on any atom is 0.509 e. The van der Waals surface area contributed by atoms with Crippen LogP contribution in [0.25, 0.3) is 0 Å². The third-order valence-corrected chi connectivity index (χ3v) is 3.62. The van der Waals surface area contributed by atoms with Crippen molar-refractivity contribution in [2.45, 2.75) is 84.7 Å². The number of hydrogen-bond acceptors (Lipinski definition) is 7. The highest BCUT2D eigenvalue weighted by atomic mass is 16.7. The Hall–Kier alpha value is -2.12. The van der Waals surface area contributed by atoms with Crippen molar-refractivity contribution in [3.8, 4) is 0 Å². The van der Waals surface area contributed by atoms with Crippen molar-refractivity contribution in [2.24, 2.45) is 5.92 Å². The number of likely N-dealkylation sites (tertiary alicyclic amines) is 1. The number of β-lactam (4-membered cyclic amide) rings is 1. The summed E-state index contributed by atoms with van der Waals surface area (Å²) in [4.78, 5) is 48.3. The van der Waals surface area contributed by atoms with Gasteiger partial charge in [0.15, 0.2) is 0 Å². The van der Waals surface area contributed by atoms with Gasteiger partial charge in [-0.25, -0.2) is 14.5 Å². The van der Waals surface area contributed by atoms with Crippen LogP contribution in [0.4, 0.5) is 9.59 Å². The maximum absolute atomic E-state index is 12.5. The maximum atomic E-state index is 12.5. The first kappa shape index (κ1) is 21.9. The molecule has 3 atom stereocenters. The molecule has 1 rings (SSSR count). The second-order valence-corrected chi connectivity index (χ2v) is 8.31. The molecule has 0 aromatic rings. The number of aldehydes is 1. The summed E-state index contributed by atoms with van der Waals surface area (Å²) in [5, 5.41) is 0. The predicted octanol–water partition coefficient (Wildman–Crippen LogP) is 3.07. The highest BCUT2D eigenvalue weighted by molar-refractivity contribution is 6.00. The van der Waals surface area contributed by atoms with Crippen molar-refractivity contribution >= 4 is 24.4 Å². The fraction of sp³-hybridized carbons (Fsp3) is 0.778. The fourth-order valence-corrected chi connectivity index (χ4v) is 2.66. The van der Waals surface area contributed by atoms with E-state index in [9.17, 15) is 19.2 Å². The minimum absolute atomic E-state index is 0.174. The molecule has 0 N–H and O–H groups in total. The number of amides is 2. The topological polar surface area (TPSA) is 99.2 Å². The van der Waals surface area contributed by atoms with Crippen LogP contribution in [-0.2, 0) is 23.8 Å². The van der Waals surface area contributed by atoms with Crippen LogP contribution >= 0.6 is 0 Å². The van der Waals surface area contributed by atoms with E-state index in [1.807, 2.05) is 0 Å². The Bertz CT molecular complexity index is 559. The van der Waals surface area contributed by atoms with E-state index in [1.54, 1.807) is 48.5 Å². The SMILES string of the molecule is C[C@@H](OC(=O)OC(C)(C)C)[C@H]1C(=O)N(C(=O)OC(C)(C)C)[C@@H]1CCC=O. The zero-order chi connectivity index (χ0) is 20.3. The summed E-state index contributed by atoms with van der Waals surface area (Å²) in [5.74, 6) is -1.22. The smallest absolute Gasteiger partial charge is 0.443 e. The summed E-state index contributed by atoms with van der Waals surface area (Å²) in [6, 6.07) is -0.569. The normalized spacial score (nSPS) is 21.5. The van der Waals surface area contributed by atoms with Gasteiger partial charge in [0.2, 0.25) is 5.91 Å². The zero-order valence-corrected chi connectivity index (χ0v) is 16.5. The third kappa shape index (κ3) is 6.00. The molecular weight excluding hydrogens is 342 g/mol. The number of hydrogen-bond donors (Lipinski definition) is 0. The number of carbonyl (C=O) groups excluding carboxylic acids is 4. The first-order valence-electron chi connectivity index (χ1n) is 8.66. The molecule has 1 saturated heterocycles. The number of nitrogens with zero attached hydrogens (tertiary/aromatic N) is 1. The van der Waals surface area contributed by atoms with Gasteiger partial charge in [-0.05, 0) is 54.9 Å². The summed E-state index contributed by atoms with van der Waals surface area (Å²) in [6.45, 7) is 11.7. The van der Waals surface area contributed by atoms with Gasteiger partial charge in [0, 0.05) is 6.42 Å². The van der Waals surface area contributed by atoms with Crippen LogP contribution in [0.1, 0.15) is 61.3 Å². The molecule has 0 radical (unpaired) electrons. The van der Waals surface area contributed by atoms with Crippen molar-refractivity contribution in [3.05, 3.63) is 0 Å². The lowest BCUT2D eigenvalue weighted by Gasteiger charge is -2.47. The first-order valence-corrected chi connectivity index (χ1v) is 8.66. The zero-order valence-electron chi connectivity index (χ0n) is 16.5. The lowest BCUT2D eigenvalue weighted by molar-refractivity contribution is -0.163. The van der Waals surface area contributed by atoms with E-state index in [-0.39, 0.29) is 12.8 Å². The quantitative estimate of drug-likeness (QED) is 0.416. The molecule has 1 aliphatic rings. The number of carbonyl (C=O) groups is 4. The van der Waals surface area contributed by atoms with Gasteiger partial charge in [0.1, 0.15) is 23.6 Å². The molecule has 2 amide bonds. The molecule has 1 fully saturated rings. The van der Waals surface area contributed by atoms with Crippen LogP contribution < -0.4 is 0 Å². The largest absolute Gasteiger partial charge is 0.509 e. The van der Waals surface area contributed by atoms with E-state index < -0.39 is 47.4 Å². The van der Waals surface area contributed by atoms with Crippen molar-refractivity contribution < 1.29 is 33.4 Å². The van der Waals surface area contributed by atoms with Crippen LogP contribution in [0.15, 0.2) is 0 Å². The standard InChI is InChI=1S/C18H29NO7/c1-11(24-16(23)26-18(5,6)7)13-12(9-8-10-20)19(14(13)21)15(22)25-17(2,3)4/h10-13H,8-9H2,1-7H3/t11-,12-,13-/m1/s1. The lowest BCUT2D eigenvalue weighted by atomic mass is 9.81. The van der Waals surface area contributed by atoms with E-state index in [4.69, 9.17) is 14.2 Å². The fourth-order valence-electron chi connectivity index (χ4n) is 2.66. The Balaban J connectivity index is 2.83. The number of rotatable bonds is 5. The Morgan fingerprint density at radius 3 is 2.12 bits per heavy atom. The Morgan fingerprint density at radius 1 is 1.12 bits per heavy atom. The molecule has 148 valence electrons. The molecule has 0 unspecified atom stereocenters. The number of ether oxygens (including phenoxy) is 3. The second kappa shape index (κ2) is 8.05. The van der Waals surface area contributed by atoms with Gasteiger partial charge < -0.3 is 19.0 Å². The minimum atomic E-state index is -0.886. The molecule has 8 nitrogen and oxygen atoms in total. The Labute approximate surface area is 154 Å². The molecular formula is C18H29NO7. The van der Waals surface area contributed by atoms with E-state index in [0.717, 1.165) is 4.90 Å². The monoisotopic (exact) mass is 371 g/mol. The van der Waals surface area contributed by atoms with Gasteiger partial charge in [-0.3, -0.25) is 4.79 Å². The van der Waals surface area contributed by atoms with Crippen LogP contribution in [0, 0.1) is 5.92 Å². The van der Waals surface area contributed by atoms with Crippen molar-refractivity contribution in [1.82, 2.24) is 4.90 Å². The molecule has 0 spiro atoms. The van der Waals surface area contributed by atoms with Crippen LogP contribution in [0.2, 0.25) is 0 Å². The van der Waals surface area contributed by atoms with Gasteiger partial charge in [0.25, 0.3) is 0 Å².